The van der Waals surface area contributed by atoms with Gasteiger partial charge in [-0.05, 0) is 31.5 Å². The maximum absolute atomic E-state index is 13.4. The summed E-state index contributed by atoms with van der Waals surface area (Å²) in [6.45, 7) is 3.75. The van der Waals surface area contributed by atoms with Gasteiger partial charge in [-0.3, -0.25) is 0 Å². The van der Waals surface area contributed by atoms with Crippen molar-refractivity contribution in [2.75, 3.05) is 5.32 Å². The standard InChI is InChI=1S/C15H14F4N2O/c1-8(2)22-10-5-3-9(4-6-10)7-20-13-11(16)14(18)21-15(19)12(13)17/h3-6,8H,7H2,1-2H3,(H,20,21). The van der Waals surface area contributed by atoms with Crippen LogP contribution >= 0.6 is 0 Å². The smallest absolute Gasteiger partial charge is 0.253 e. The predicted octanol–water partition coefficient (Wildman–Crippen LogP) is 4.04. The quantitative estimate of drug-likeness (QED) is 0.668. The summed E-state index contributed by atoms with van der Waals surface area (Å²) >= 11 is 0. The molecule has 0 unspecified atom stereocenters. The third-order valence-corrected chi connectivity index (χ3v) is 2.76. The van der Waals surface area contributed by atoms with Crippen LogP contribution in [0.4, 0.5) is 23.2 Å². The average Bonchev–Trinajstić information content (AvgIpc) is 2.46. The maximum atomic E-state index is 13.4. The van der Waals surface area contributed by atoms with Crippen molar-refractivity contribution in [3.05, 3.63) is 53.4 Å². The Balaban J connectivity index is 2.10. The summed E-state index contributed by atoms with van der Waals surface area (Å²) in [6.07, 6.45) is 0.0231. The number of anilines is 1. The van der Waals surface area contributed by atoms with Gasteiger partial charge in [-0.2, -0.15) is 22.5 Å². The summed E-state index contributed by atoms with van der Waals surface area (Å²) < 4.78 is 58.2. The van der Waals surface area contributed by atoms with E-state index < -0.39 is 29.2 Å². The molecular weight excluding hydrogens is 300 g/mol. The Labute approximate surface area is 124 Å². The van der Waals surface area contributed by atoms with E-state index >= 15 is 0 Å². The Bertz CT molecular complexity index is 633. The van der Waals surface area contributed by atoms with Crippen LogP contribution < -0.4 is 10.1 Å². The van der Waals surface area contributed by atoms with Gasteiger partial charge < -0.3 is 10.1 Å². The molecule has 2 rings (SSSR count). The van der Waals surface area contributed by atoms with Crippen LogP contribution in [0, 0.1) is 23.5 Å². The maximum Gasteiger partial charge on any atom is 0.253 e. The van der Waals surface area contributed by atoms with E-state index in [4.69, 9.17) is 4.74 Å². The van der Waals surface area contributed by atoms with E-state index in [1.807, 2.05) is 13.8 Å². The number of aromatic nitrogens is 1. The Kier molecular flexibility index (Phi) is 4.85. The Morgan fingerprint density at radius 3 is 2.05 bits per heavy atom. The molecule has 0 saturated carbocycles. The highest BCUT2D eigenvalue weighted by molar-refractivity contribution is 5.46. The zero-order valence-electron chi connectivity index (χ0n) is 12.0. The second kappa shape index (κ2) is 6.64. The van der Waals surface area contributed by atoms with E-state index in [1.54, 1.807) is 24.3 Å². The number of benzene rings is 1. The molecule has 0 aliphatic carbocycles. The highest BCUT2D eigenvalue weighted by atomic mass is 19.2. The number of rotatable bonds is 5. The van der Waals surface area contributed by atoms with Crippen LogP contribution in [0.5, 0.6) is 5.75 Å². The van der Waals surface area contributed by atoms with Crippen molar-refractivity contribution in [2.45, 2.75) is 26.5 Å². The Hall–Kier alpha value is -2.31. The second-order valence-electron chi connectivity index (χ2n) is 4.86. The number of halogens is 4. The minimum absolute atomic E-state index is 0.0152. The zero-order valence-corrected chi connectivity index (χ0v) is 12.0. The van der Waals surface area contributed by atoms with Crippen molar-refractivity contribution in [3.63, 3.8) is 0 Å². The highest BCUT2D eigenvalue weighted by Crippen LogP contribution is 2.23. The van der Waals surface area contributed by atoms with Crippen LogP contribution in [0.3, 0.4) is 0 Å². The van der Waals surface area contributed by atoms with Gasteiger partial charge in [-0.25, -0.2) is 0 Å². The Morgan fingerprint density at radius 1 is 1.00 bits per heavy atom. The third-order valence-electron chi connectivity index (χ3n) is 2.76. The predicted molar refractivity (Wildman–Crippen MR) is 73.6 cm³/mol. The number of ether oxygens (including phenoxy) is 1. The van der Waals surface area contributed by atoms with E-state index in [9.17, 15) is 17.6 Å². The lowest BCUT2D eigenvalue weighted by molar-refractivity contribution is 0.242. The largest absolute Gasteiger partial charge is 0.491 e. The zero-order chi connectivity index (χ0) is 16.3. The highest BCUT2D eigenvalue weighted by Gasteiger charge is 2.20. The van der Waals surface area contributed by atoms with Gasteiger partial charge >= 0.3 is 0 Å². The molecule has 0 bridgehead atoms. The van der Waals surface area contributed by atoms with Gasteiger partial charge in [0.1, 0.15) is 11.4 Å². The van der Waals surface area contributed by atoms with Gasteiger partial charge in [-0.15, -0.1) is 0 Å². The van der Waals surface area contributed by atoms with Gasteiger partial charge in [0.15, 0.2) is 0 Å². The molecule has 7 heteroatoms. The first-order chi connectivity index (χ1) is 10.4. The van der Waals surface area contributed by atoms with E-state index in [0.717, 1.165) is 0 Å². The normalized spacial score (nSPS) is 10.9. The van der Waals surface area contributed by atoms with Crippen LogP contribution in [0.1, 0.15) is 19.4 Å². The molecular formula is C15H14F4N2O. The van der Waals surface area contributed by atoms with E-state index in [0.29, 0.717) is 11.3 Å². The Morgan fingerprint density at radius 2 is 1.55 bits per heavy atom. The van der Waals surface area contributed by atoms with Crippen molar-refractivity contribution < 1.29 is 22.3 Å². The molecule has 1 aromatic carbocycles. The van der Waals surface area contributed by atoms with Gasteiger partial charge in [0, 0.05) is 6.54 Å². The molecule has 1 N–H and O–H groups in total. The molecule has 1 aromatic heterocycles. The first-order valence-electron chi connectivity index (χ1n) is 6.58. The van der Waals surface area contributed by atoms with Gasteiger partial charge in [0.25, 0.3) is 11.9 Å². The fourth-order valence-electron chi connectivity index (χ4n) is 1.79. The van der Waals surface area contributed by atoms with Crippen LogP contribution in [-0.2, 0) is 6.54 Å². The number of hydrogen-bond donors (Lipinski definition) is 1. The van der Waals surface area contributed by atoms with Gasteiger partial charge in [0.05, 0.1) is 6.10 Å². The van der Waals surface area contributed by atoms with E-state index in [1.165, 1.54) is 0 Å². The molecule has 0 fully saturated rings. The summed E-state index contributed by atoms with van der Waals surface area (Å²) in [7, 11) is 0. The lowest BCUT2D eigenvalue weighted by atomic mass is 10.2. The molecule has 2 aromatic rings. The molecule has 0 radical (unpaired) electrons. The van der Waals surface area contributed by atoms with Crippen molar-refractivity contribution in [1.29, 1.82) is 0 Å². The summed E-state index contributed by atoms with van der Waals surface area (Å²) in [5.41, 5.74) is -0.222. The van der Waals surface area contributed by atoms with Gasteiger partial charge in [-0.1, -0.05) is 12.1 Å². The number of nitrogens with one attached hydrogen (secondary N) is 1. The SMILES string of the molecule is CC(C)Oc1ccc(CNc2c(F)c(F)nc(F)c2F)cc1. The average molecular weight is 314 g/mol. The molecule has 0 atom stereocenters. The minimum atomic E-state index is -1.69. The molecule has 3 nitrogen and oxygen atoms in total. The molecule has 118 valence electrons. The van der Waals surface area contributed by atoms with Crippen LogP contribution in [-0.4, -0.2) is 11.1 Å². The number of hydrogen-bond acceptors (Lipinski definition) is 3. The third kappa shape index (κ3) is 3.66. The van der Waals surface area contributed by atoms with E-state index in [-0.39, 0.29) is 12.6 Å². The number of pyridine rings is 1. The molecule has 0 amide bonds. The number of nitrogens with zero attached hydrogens (tertiary/aromatic N) is 1. The monoisotopic (exact) mass is 314 g/mol. The van der Waals surface area contributed by atoms with Crippen molar-refractivity contribution >= 4 is 5.69 Å². The minimum Gasteiger partial charge on any atom is -0.491 e. The van der Waals surface area contributed by atoms with Crippen molar-refractivity contribution in [1.82, 2.24) is 4.98 Å². The molecule has 0 saturated heterocycles. The second-order valence-corrected chi connectivity index (χ2v) is 4.86. The van der Waals surface area contributed by atoms with Crippen molar-refractivity contribution in [2.24, 2.45) is 0 Å². The molecule has 0 spiro atoms. The lowest BCUT2D eigenvalue weighted by Crippen LogP contribution is -2.09. The molecule has 0 aliphatic heterocycles. The first-order valence-corrected chi connectivity index (χ1v) is 6.58. The first kappa shape index (κ1) is 16.1. The summed E-state index contributed by atoms with van der Waals surface area (Å²) in [5.74, 6) is -5.85. The molecule has 0 aliphatic rings. The summed E-state index contributed by atoms with van der Waals surface area (Å²) in [6, 6.07) is 6.73. The summed E-state index contributed by atoms with van der Waals surface area (Å²) in [5, 5.41) is 2.33. The lowest BCUT2D eigenvalue weighted by Gasteiger charge is -2.11. The fourth-order valence-corrected chi connectivity index (χ4v) is 1.79. The molecule has 1 heterocycles. The van der Waals surface area contributed by atoms with Gasteiger partial charge in [0.2, 0.25) is 11.6 Å². The van der Waals surface area contributed by atoms with Crippen LogP contribution in [0.2, 0.25) is 0 Å². The van der Waals surface area contributed by atoms with Crippen LogP contribution in [0.15, 0.2) is 24.3 Å². The molecule has 22 heavy (non-hydrogen) atoms. The fraction of sp³-hybridized carbons (Fsp3) is 0.267. The topological polar surface area (TPSA) is 34.1 Å². The summed E-state index contributed by atoms with van der Waals surface area (Å²) in [4.78, 5) is 2.49. The van der Waals surface area contributed by atoms with Crippen LogP contribution in [0.25, 0.3) is 0 Å². The van der Waals surface area contributed by atoms with E-state index in [2.05, 4.69) is 10.3 Å². The van der Waals surface area contributed by atoms with Crippen molar-refractivity contribution in [3.8, 4) is 5.75 Å².